The van der Waals surface area contributed by atoms with Crippen LogP contribution >= 0.6 is 0 Å². The summed E-state index contributed by atoms with van der Waals surface area (Å²) in [5, 5.41) is 0. The van der Waals surface area contributed by atoms with Crippen molar-refractivity contribution in [1.29, 1.82) is 0 Å². The zero-order chi connectivity index (χ0) is 11.1. The minimum atomic E-state index is -0.497. The molecule has 5 nitrogen and oxygen atoms in total. The third kappa shape index (κ3) is 5.45. The van der Waals surface area contributed by atoms with Gasteiger partial charge in [0.05, 0.1) is 0 Å². The number of carbonyl (C=O) groups excluding carboxylic acids is 2. The Morgan fingerprint density at radius 3 is 2.19 bits per heavy atom. The molecule has 1 rings (SSSR count). The highest BCUT2D eigenvalue weighted by Gasteiger charge is 2.14. The van der Waals surface area contributed by atoms with Gasteiger partial charge in [-0.15, -0.1) is 0 Å². The van der Waals surface area contributed by atoms with Crippen LogP contribution in [-0.4, -0.2) is 25.3 Å². The zero-order valence-corrected chi connectivity index (χ0v) is 10.3. The lowest BCUT2D eigenvalue weighted by molar-refractivity contribution is -0.586. The largest absolute Gasteiger partial charge is 1.00 e. The van der Waals surface area contributed by atoms with Crippen LogP contribution in [0.15, 0.2) is 30.6 Å². The van der Waals surface area contributed by atoms with Crippen molar-refractivity contribution in [3.63, 3.8) is 0 Å². The molecule has 0 N–H and O–H groups in total. The van der Waals surface area contributed by atoms with Crippen molar-refractivity contribution in [2.75, 3.05) is 13.2 Å². The van der Waals surface area contributed by atoms with Gasteiger partial charge in [-0.05, 0) is 0 Å². The number of nitrogens with zero attached hydrogens (tertiary/aromatic N) is 1. The summed E-state index contributed by atoms with van der Waals surface area (Å²) in [4.78, 5) is 21.7. The van der Waals surface area contributed by atoms with Gasteiger partial charge in [-0.2, -0.15) is 4.79 Å². The summed E-state index contributed by atoms with van der Waals surface area (Å²) in [6, 6.07) is 5.23. The van der Waals surface area contributed by atoms with E-state index in [0.29, 0.717) is 0 Å². The first-order valence-electron chi connectivity index (χ1n) is 4.47. The fourth-order valence-corrected chi connectivity index (χ4v) is 0.909. The number of pyridine rings is 1. The Bertz CT molecular complexity index is 342. The molecule has 0 saturated heterocycles. The van der Waals surface area contributed by atoms with E-state index in [2.05, 4.69) is 4.74 Å². The summed E-state index contributed by atoms with van der Waals surface area (Å²) < 4.78 is 10.7. The molecular formula is C10H12BrNO4. The highest BCUT2D eigenvalue weighted by Crippen LogP contribution is 1.83. The number of carbonyl (C=O) groups is 2. The van der Waals surface area contributed by atoms with Crippen LogP contribution in [0.4, 0.5) is 4.79 Å². The Kier molecular flexibility index (Phi) is 7.11. The molecule has 0 aliphatic rings. The molecule has 0 saturated carbocycles. The van der Waals surface area contributed by atoms with Crippen molar-refractivity contribution < 1.29 is 40.6 Å². The van der Waals surface area contributed by atoms with E-state index in [0.717, 1.165) is 0 Å². The minimum absolute atomic E-state index is 0. The number of hydrogen-bond acceptors (Lipinski definition) is 4. The third-order valence-electron chi connectivity index (χ3n) is 1.54. The number of esters is 1. The summed E-state index contributed by atoms with van der Waals surface area (Å²) in [6.07, 6.45) is 2.66. The van der Waals surface area contributed by atoms with Crippen LogP contribution in [0.1, 0.15) is 6.92 Å². The second-order valence-corrected chi connectivity index (χ2v) is 2.74. The average Bonchev–Trinajstić information content (AvgIpc) is 2.25. The smallest absolute Gasteiger partial charge is 0.602 e. The minimum Gasteiger partial charge on any atom is -1.00 e. The van der Waals surface area contributed by atoms with Gasteiger partial charge < -0.3 is 26.5 Å². The van der Waals surface area contributed by atoms with Gasteiger partial charge in [0, 0.05) is 19.1 Å². The topological polar surface area (TPSA) is 56.5 Å². The van der Waals surface area contributed by atoms with Crippen LogP contribution in [0.5, 0.6) is 0 Å². The lowest BCUT2D eigenvalue weighted by atomic mass is 10.5. The van der Waals surface area contributed by atoms with Gasteiger partial charge in [-0.25, -0.2) is 0 Å². The standard InChI is InChI=1S/C10H12NO4.BrH/c1-9(12)14-7-8-15-10(13)11-5-3-2-4-6-11;/h2-6H,7-8H2,1H3;1H/q+1;/p-1. The molecule has 0 bridgehead atoms. The van der Waals surface area contributed by atoms with Crippen LogP contribution in [0.25, 0.3) is 0 Å². The summed E-state index contributed by atoms with van der Waals surface area (Å²) >= 11 is 0. The second kappa shape index (κ2) is 7.81. The lowest BCUT2D eigenvalue weighted by Crippen LogP contribution is -3.00. The number of halogens is 1. The van der Waals surface area contributed by atoms with Crippen molar-refractivity contribution in [3.05, 3.63) is 30.6 Å². The quantitative estimate of drug-likeness (QED) is 0.352. The molecular weight excluding hydrogens is 278 g/mol. The number of hydrogen-bond donors (Lipinski definition) is 0. The van der Waals surface area contributed by atoms with Crippen LogP contribution in [0.2, 0.25) is 0 Å². The predicted molar refractivity (Wildman–Crippen MR) is 50.0 cm³/mol. The van der Waals surface area contributed by atoms with Crippen molar-refractivity contribution in [2.24, 2.45) is 0 Å². The summed E-state index contributed by atoms with van der Waals surface area (Å²) in [5.74, 6) is -0.390. The van der Waals surface area contributed by atoms with Gasteiger partial charge >= 0.3 is 12.1 Å². The Labute approximate surface area is 104 Å². The van der Waals surface area contributed by atoms with Crippen molar-refractivity contribution in [1.82, 2.24) is 0 Å². The molecule has 0 amide bonds. The Hall–Kier alpha value is -1.43. The van der Waals surface area contributed by atoms with E-state index in [9.17, 15) is 9.59 Å². The molecule has 0 aliphatic heterocycles. The summed E-state index contributed by atoms with van der Waals surface area (Å²) in [6.45, 7) is 1.43. The maximum absolute atomic E-state index is 11.3. The van der Waals surface area contributed by atoms with E-state index in [1.165, 1.54) is 11.5 Å². The molecule has 0 atom stereocenters. The first-order chi connectivity index (χ1) is 7.20. The van der Waals surface area contributed by atoms with E-state index in [4.69, 9.17) is 4.74 Å². The van der Waals surface area contributed by atoms with Gasteiger partial charge in [0.1, 0.15) is 13.2 Å². The van der Waals surface area contributed by atoms with Crippen LogP contribution < -0.4 is 21.5 Å². The summed E-state index contributed by atoms with van der Waals surface area (Å²) in [5.41, 5.74) is 0. The van der Waals surface area contributed by atoms with Crippen molar-refractivity contribution in [2.45, 2.75) is 6.92 Å². The van der Waals surface area contributed by atoms with Gasteiger partial charge in [0.2, 0.25) is 0 Å². The Balaban J connectivity index is 0.00000225. The van der Waals surface area contributed by atoms with Crippen molar-refractivity contribution >= 4 is 12.1 Å². The monoisotopic (exact) mass is 289 g/mol. The van der Waals surface area contributed by atoms with Gasteiger partial charge in [-0.3, -0.25) is 4.79 Å². The molecule has 0 aromatic carbocycles. The van der Waals surface area contributed by atoms with E-state index in [-0.39, 0.29) is 30.2 Å². The van der Waals surface area contributed by atoms with Crippen LogP contribution in [-0.2, 0) is 14.3 Å². The third-order valence-corrected chi connectivity index (χ3v) is 1.54. The first kappa shape index (κ1) is 14.6. The van der Waals surface area contributed by atoms with Gasteiger partial charge in [0.15, 0.2) is 12.4 Å². The van der Waals surface area contributed by atoms with E-state index >= 15 is 0 Å². The zero-order valence-electron chi connectivity index (χ0n) is 8.76. The molecule has 0 aliphatic carbocycles. The van der Waals surface area contributed by atoms with Crippen LogP contribution in [0.3, 0.4) is 0 Å². The molecule has 0 unspecified atom stereocenters. The van der Waals surface area contributed by atoms with E-state index < -0.39 is 12.1 Å². The fraction of sp³-hybridized carbons (Fsp3) is 0.300. The van der Waals surface area contributed by atoms with Crippen LogP contribution in [0, 0.1) is 0 Å². The second-order valence-electron chi connectivity index (χ2n) is 2.74. The van der Waals surface area contributed by atoms with Gasteiger partial charge in [-0.1, -0.05) is 10.6 Å². The molecule has 0 radical (unpaired) electrons. The molecule has 6 heteroatoms. The number of ether oxygens (including phenoxy) is 2. The Morgan fingerprint density at radius 1 is 1.06 bits per heavy atom. The number of aromatic nitrogens is 1. The number of rotatable bonds is 3. The summed E-state index contributed by atoms with van der Waals surface area (Å²) in [7, 11) is 0. The normalized spacial score (nSPS) is 8.81. The average molecular weight is 290 g/mol. The lowest BCUT2D eigenvalue weighted by Gasteiger charge is -2.00. The SMILES string of the molecule is CC(=O)OCCOC(=O)[n+]1ccccc1.[Br-]. The molecule has 88 valence electrons. The molecule has 1 aromatic rings. The maximum atomic E-state index is 11.3. The maximum Gasteiger partial charge on any atom is 0.602 e. The molecule has 0 fully saturated rings. The highest BCUT2D eigenvalue weighted by molar-refractivity contribution is 5.65. The molecule has 0 spiro atoms. The van der Waals surface area contributed by atoms with Gasteiger partial charge in [0.25, 0.3) is 0 Å². The van der Waals surface area contributed by atoms with E-state index in [1.54, 1.807) is 30.6 Å². The molecule has 1 aromatic heterocycles. The Morgan fingerprint density at radius 2 is 1.62 bits per heavy atom. The predicted octanol–water partition coefficient (Wildman–Crippen LogP) is -2.47. The first-order valence-corrected chi connectivity index (χ1v) is 4.47. The highest BCUT2D eigenvalue weighted by atomic mass is 79.9. The molecule has 1 heterocycles. The molecule has 16 heavy (non-hydrogen) atoms. The van der Waals surface area contributed by atoms with Crippen molar-refractivity contribution in [3.8, 4) is 0 Å². The fourth-order valence-electron chi connectivity index (χ4n) is 0.909. The van der Waals surface area contributed by atoms with E-state index in [1.807, 2.05) is 0 Å².